The second kappa shape index (κ2) is 15.1. The lowest BCUT2D eigenvalue weighted by molar-refractivity contribution is -0.0445. The quantitative estimate of drug-likeness (QED) is 0.148. The number of aliphatic hydroxyl groups excluding tert-OH is 2. The van der Waals surface area contributed by atoms with Gasteiger partial charge in [0.25, 0.3) is 0 Å². The Balaban J connectivity index is 0.000000150. The molecule has 4 N–H and O–H groups in total. The predicted octanol–water partition coefficient (Wildman–Crippen LogP) is 5.68. The Morgan fingerprint density at radius 3 is 1.43 bits per heavy atom. The lowest BCUT2D eigenvalue weighted by Gasteiger charge is -2.50. The zero-order valence-electron chi connectivity index (χ0n) is 27.6. The molecule has 260 valence electrons. The molecular formula is C38H46N4O6S. The Hall–Kier alpha value is -3.55. The van der Waals surface area contributed by atoms with Crippen LogP contribution in [-0.4, -0.2) is 85.8 Å². The van der Waals surface area contributed by atoms with Crippen LogP contribution in [0.5, 0.6) is 0 Å². The van der Waals surface area contributed by atoms with E-state index in [0.29, 0.717) is 23.7 Å². The summed E-state index contributed by atoms with van der Waals surface area (Å²) in [4.78, 5) is 13.7. The van der Waals surface area contributed by atoms with Gasteiger partial charge in [-0.1, -0.05) is 48.6 Å². The van der Waals surface area contributed by atoms with Crippen LogP contribution in [0.4, 0.5) is 0 Å². The van der Waals surface area contributed by atoms with Crippen molar-refractivity contribution in [1.29, 1.82) is 0 Å². The van der Waals surface area contributed by atoms with Crippen LogP contribution in [0, 0.1) is 23.7 Å². The van der Waals surface area contributed by atoms with Crippen LogP contribution in [0.3, 0.4) is 0 Å². The normalized spacial score (nSPS) is 30.0. The third-order valence-corrected chi connectivity index (χ3v) is 11.0. The number of aliphatic hydroxyl groups is 2. The number of benzene rings is 2. The van der Waals surface area contributed by atoms with Gasteiger partial charge in [-0.25, -0.2) is 0 Å². The summed E-state index contributed by atoms with van der Waals surface area (Å²) in [6.07, 6.45) is 11.5. The second-order valence-corrected chi connectivity index (χ2v) is 14.6. The minimum atomic E-state index is -4.67. The molecule has 0 aliphatic carbocycles. The molecule has 10 atom stereocenters. The van der Waals surface area contributed by atoms with E-state index in [9.17, 15) is 10.2 Å². The number of fused-ring (bicyclic) bond motifs is 8. The summed E-state index contributed by atoms with van der Waals surface area (Å²) < 4.78 is 31.6. The molecule has 6 aliphatic heterocycles. The Kier molecular flexibility index (Phi) is 10.9. The third kappa shape index (κ3) is 7.94. The van der Waals surface area contributed by atoms with Crippen LogP contribution >= 0.6 is 0 Å². The fourth-order valence-corrected chi connectivity index (χ4v) is 8.58. The van der Waals surface area contributed by atoms with E-state index >= 15 is 0 Å². The molecule has 4 bridgehead atoms. The molecule has 6 fully saturated rings. The van der Waals surface area contributed by atoms with Gasteiger partial charge in [0.15, 0.2) is 0 Å². The lowest BCUT2D eigenvalue weighted by atomic mass is 9.73. The molecule has 10 rings (SSSR count). The van der Waals surface area contributed by atoms with Gasteiger partial charge in [-0.05, 0) is 97.8 Å². The molecule has 6 aliphatic rings. The van der Waals surface area contributed by atoms with E-state index in [1.807, 2.05) is 60.9 Å². The van der Waals surface area contributed by atoms with E-state index in [4.69, 9.17) is 17.5 Å². The molecule has 8 heterocycles. The number of para-hydroxylation sites is 2. The zero-order valence-corrected chi connectivity index (χ0v) is 28.4. The molecule has 0 spiro atoms. The number of hydrogen-bond acceptors (Lipinski definition) is 8. The monoisotopic (exact) mass is 686 g/mol. The molecule has 0 amide bonds. The van der Waals surface area contributed by atoms with Crippen molar-refractivity contribution in [1.82, 2.24) is 19.8 Å². The van der Waals surface area contributed by atoms with Gasteiger partial charge in [-0.15, -0.1) is 13.2 Å². The van der Waals surface area contributed by atoms with Crippen molar-refractivity contribution < 1.29 is 27.7 Å². The summed E-state index contributed by atoms with van der Waals surface area (Å²) in [5, 5.41) is 24.2. The highest BCUT2D eigenvalue weighted by atomic mass is 32.3. The Morgan fingerprint density at radius 2 is 1.08 bits per heavy atom. The van der Waals surface area contributed by atoms with Gasteiger partial charge >= 0.3 is 10.4 Å². The number of piperidine rings is 6. The van der Waals surface area contributed by atoms with Crippen molar-refractivity contribution in [3.05, 3.63) is 109 Å². The van der Waals surface area contributed by atoms with E-state index in [2.05, 4.69) is 57.2 Å². The van der Waals surface area contributed by atoms with Crippen molar-refractivity contribution in [3.63, 3.8) is 0 Å². The Labute approximate surface area is 288 Å². The summed E-state index contributed by atoms with van der Waals surface area (Å²) in [7, 11) is -4.67. The highest BCUT2D eigenvalue weighted by molar-refractivity contribution is 7.79. The van der Waals surface area contributed by atoms with Crippen LogP contribution < -0.4 is 0 Å². The van der Waals surface area contributed by atoms with Crippen LogP contribution in [0.1, 0.15) is 49.0 Å². The largest absolute Gasteiger partial charge is 0.394 e. The molecule has 4 aromatic rings. The summed E-state index contributed by atoms with van der Waals surface area (Å²) >= 11 is 0. The number of pyridine rings is 2. The first-order valence-electron chi connectivity index (χ1n) is 17.0. The topological polar surface area (TPSA) is 147 Å². The number of aromatic nitrogens is 2. The van der Waals surface area contributed by atoms with E-state index in [0.717, 1.165) is 72.0 Å². The van der Waals surface area contributed by atoms with Crippen LogP contribution in [0.15, 0.2) is 98.4 Å². The third-order valence-electron chi connectivity index (χ3n) is 11.0. The van der Waals surface area contributed by atoms with Gasteiger partial charge in [-0.2, -0.15) is 8.42 Å². The van der Waals surface area contributed by atoms with Gasteiger partial charge in [-0.3, -0.25) is 28.9 Å². The van der Waals surface area contributed by atoms with E-state index in [1.165, 1.54) is 12.8 Å². The van der Waals surface area contributed by atoms with Gasteiger partial charge in [0, 0.05) is 48.3 Å². The molecule has 49 heavy (non-hydrogen) atoms. The minimum absolute atomic E-state index is 0.223. The van der Waals surface area contributed by atoms with Gasteiger partial charge in [0.1, 0.15) is 0 Å². The first-order chi connectivity index (χ1) is 23.6. The SMILES string of the molecule is C=C[C@H]1CN2CC[C@H]1C[C@H]2[C@H](O)c1ccnc2ccccc12.C=C[C@H]1CN2CC[C@H]1C[C@H]2[C@H](O)c1ccnc2ccccc12.O=S(=O)(O)O. The molecule has 6 saturated heterocycles. The number of nitrogens with zero attached hydrogens (tertiary/aromatic N) is 4. The first kappa shape index (κ1) is 35.3. The van der Waals surface area contributed by atoms with Gasteiger partial charge in [0.2, 0.25) is 0 Å². The summed E-state index contributed by atoms with van der Waals surface area (Å²) in [5.41, 5.74) is 3.94. The highest BCUT2D eigenvalue weighted by Gasteiger charge is 2.43. The van der Waals surface area contributed by atoms with Crippen molar-refractivity contribution in [2.24, 2.45) is 23.7 Å². The fourth-order valence-electron chi connectivity index (χ4n) is 8.58. The molecule has 11 heteroatoms. The van der Waals surface area contributed by atoms with Crippen LogP contribution in [0.2, 0.25) is 0 Å². The average molecular weight is 687 g/mol. The second-order valence-electron chi connectivity index (χ2n) is 13.7. The highest BCUT2D eigenvalue weighted by Crippen LogP contribution is 2.43. The zero-order chi connectivity index (χ0) is 34.7. The minimum Gasteiger partial charge on any atom is -0.387 e. The lowest BCUT2D eigenvalue weighted by Crippen LogP contribution is -2.54. The maximum absolute atomic E-state index is 11.0. The van der Waals surface area contributed by atoms with Crippen molar-refractivity contribution in [2.75, 3.05) is 26.2 Å². The van der Waals surface area contributed by atoms with Crippen molar-refractivity contribution in [3.8, 4) is 0 Å². The molecule has 0 saturated carbocycles. The molecule has 0 radical (unpaired) electrons. The smallest absolute Gasteiger partial charge is 0.387 e. The van der Waals surface area contributed by atoms with Crippen LogP contribution in [-0.2, 0) is 10.4 Å². The standard InChI is InChI=1S/2C19H22N2O.H2O4S/c2*1-2-13-12-21-10-8-14(13)11-18(21)19(22)16-7-9-20-17-6-4-3-5-15(16)17;1-5(2,3)4/h2*2-7,9,13-14,18-19,22H,1,8,10-12H2;(H2,1,2,3,4)/t2*13-,14-,18-,19+;/m00./s1. The summed E-state index contributed by atoms with van der Waals surface area (Å²) in [6, 6.07) is 20.5. The summed E-state index contributed by atoms with van der Waals surface area (Å²) in [6.45, 7) is 12.2. The molecular weight excluding hydrogens is 641 g/mol. The Bertz CT molecular complexity index is 1750. The summed E-state index contributed by atoms with van der Waals surface area (Å²) in [5.74, 6) is 2.53. The number of rotatable bonds is 6. The maximum Gasteiger partial charge on any atom is 0.394 e. The van der Waals surface area contributed by atoms with Gasteiger partial charge < -0.3 is 10.2 Å². The van der Waals surface area contributed by atoms with Crippen molar-refractivity contribution in [2.45, 2.75) is 50.0 Å². The average Bonchev–Trinajstić information content (AvgIpc) is 3.13. The van der Waals surface area contributed by atoms with Crippen LogP contribution in [0.25, 0.3) is 21.8 Å². The van der Waals surface area contributed by atoms with E-state index in [-0.39, 0.29) is 12.1 Å². The van der Waals surface area contributed by atoms with Gasteiger partial charge in [0.05, 0.1) is 23.2 Å². The molecule has 2 aromatic carbocycles. The maximum atomic E-state index is 11.0. The first-order valence-corrected chi connectivity index (χ1v) is 18.4. The molecule has 10 nitrogen and oxygen atoms in total. The Morgan fingerprint density at radius 1 is 0.694 bits per heavy atom. The van der Waals surface area contributed by atoms with E-state index in [1.54, 1.807) is 0 Å². The number of hydrogen-bond donors (Lipinski definition) is 4. The molecule has 2 unspecified atom stereocenters. The van der Waals surface area contributed by atoms with E-state index < -0.39 is 22.6 Å². The fraction of sp³-hybridized carbons (Fsp3) is 0.421. The predicted molar refractivity (Wildman–Crippen MR) is 191 cm³/mol. The molecule has 2 aromatic heterocycles. The van der Waals surface area contributed by atoms with Crippen molar-refractivity contribution >= 4 is 32.2 Å².